The Morgan fingerprint density at radius 2 is 0.944 bits per heavy atom. The van der Waals surface area contributed by atoms with E-state index >= 15 is 0 Å². The number of benzene rings is 3. The molecule has 0 aliphatic heterocycles. The van der Waals surface area contributed by atoms with Gasteiger partial charge in [0.1, 0.15) is 0 Å². The molecule has 0 aliphatic carbocycles. The summed E-state index contributed by atoms with van der Waals surface area (Å²) in [6.45, 7) is 12.9. The van der Waals surface area contributed by atoms with Crippen LogP contribution in [0.2, 0.25) is 0 Å². The summed E-state index contributed by atoms with van der Waals surface area (Å²) in [4.78, 5) is 25.5. The van der Waals surface area contributed by atoms with Crippen LogP contribution in [0.5, 0.6) is 0 Å². The molecular formula is C30H32F3NO2. The van der Waals surface area contributed by atoms with Crippen LogP contribution >= 0.6 is 0 Å². The molecule has 36 heavy (non-hydrogen) atoms. The van der Waals surface area contributed by atoms with Crippen LogP contribution in [0.15, 0.2) is 72.8 Å². The number of nitrogens with zero attached hydrogens (tertiary/aromatic N) is 1. The van der Waals surface area contributed by atoms with E-state index in [-0.39, 0.29) is 16.4 Å². The lowest BCUT2D eigenvalue weighted by Crippen LogP contribution is -2.25. The zero-order chi connectivity index (χ0) is 26.9. The number of hydrogen-bond donors (Lipinski definition) is 0. The molecule has 3 aromatic carbocycles. The van der Waals surface area contributed by atoms with Gasteiger partial charge in [-0.1, -0.05) is 65.8 Å². The van der Waals surface area contributed by atoms with Gasteiger partial charge in [0.15, 0.2) is 5.78 Å². The monoisotopic (exact) mass is 495 g/mol. The Bertz CT molecular complexity index is 1150. The first-order valence-corrected chi connectivity index (χ1v) is 11.8. The van der Waals surface area contributed by atoms with Gasteiger partial charge in [-0.2, -0.15) is 13.2 Å². The molecule has 3 rings (SSSR count). The lowest BCUT2D eigenvalue weighted by atomic mass is 9.86. The van der Waals surface area contributed by atoms with Crippen molar-refractivity contribution in [3.8, 4) is 0 Å². The first kappa shape index (κ1) is 27.2. The Morgan fingerprint density at radius 1 is 0.611 bits per heavy atom. The lowest BCUT2D eigenvalue weighted by Gasteiger charge is -2.28. The van der Waals surface area contributed by atoms with Gasteiger partial charge in [-0.05, 0) is 70.5 Å². The summed E-state index contributed by atoms with van der Waals surface area (Å²) in [5.74, 6) is -2.91. The van der Waals surface area contributed by atoms with Crippen LogP contribution in [0.25, 0.3) is 0 Å². The van der Waals surface area contributed by atoms with Crippen LogP contribution in [0.1, 0.15) is 69.4 Å². The van der Waals surface area contributed by atoms with Crippen molar-refractivity contribution in [3.05, 3.63) is 89.5 Å². The molecule has 6 heteroatoms. The summed E-state index contributed by atoms with van der Waals surface area (Å²) in [7, 11) is 0. The van der Waals surface area contributed by atoms with Crippen molar-refractivity contribution in [1.29, 1.82) is 0 Å². The normalized spacial score (nSPS) is 12.4. The molecule has 0 saturated carbocycles. The Kier molecular flexibility index (Phi) is 7.49. The highest BCUT2D eigenvalue weighted by Gasteiger charge is 2.39. The summed E-state index contributed by atoms with van der Waals surface area (Å²) >= 11 is 0. The van der Waals surface area contributed by atoms with Crippen LogP contribution in [-0.2, 0) is 15.6 Å². The molecule has 190 valence electrons. The van der Waals surface area contributed by atoms with E-state index in [9.17, 15) is 22.8 Å². The maximum atomic E-state index is 12.6. The smallest absolute Gasteiger partial charge is 0.311 e. The maximum absolute atomic E-state index is 12.6. The molecule has 0 radical (unpaired) electrons. The highest BCUT2D eigenvalue weighted by Crippen LogP contribution is 2.37. The number of carbonyl (C=O) groups is 2. The summed E-state index contributed by atoms with van der Waals surface area (Å²) in [6.07, 6.45) is -6.22. The summed E-state index contributed by atoms with van der Waals surface area (Å²) in [6, 6.07) is 22.7. The van der Waals surface area contributed by atoms with E-state index in [4.69, 9.17) is 0 Å². The molecular weight excluding hydrogens is 463 g/mol. The van der Waals surface area contributed by atoms with Crippen molar-refractivity contribution in [3.63, 3.8) is 0 Å². The van der Waals surface area contributed by atoms with Gasteiger partial charge in [-0.3, -0.25) is 9.59 Å². The van der Waals surface area contributed by atoms with Gasteiger partial charge >= 0.3 is 6.18 Å². The second-order valence-corrected chi connectivity index (χ2v) is 11.0. The lowest BCUT2D eigenvalue weighted by molar-refractivity contribution is -0.170. The van der Waals surface area contributed by atoms with Gasteiger partial charge < -0.3 is 4.90 Å². The molecule has 0 atom stereocenters. The SMILES string of the molecule is CC(C)(C)c1ccc(N(c2ccc(C(=O)CC(=O)C(F)(F)F)cc2)c2ccc(C(C)(C)C)cc2)cc1. The Balaban J connectivity index is 1.99. The summed E-state index contributed by atoms with van der Waals surface area (Å²) < 4.78 is 37.7. The van der Waals surface area contributed by atoms with Crippen LogP contribution in [-0.4, -0.2) is 17.7 Å². The number of alkyl halides is 3. The van der Waals surface area contributed by atoms with E-state index in [0.717, 1.165) is 17.1 Å². The minimum Gasteiger partial charge on any atom is -0.311 e. The predicted molar refractivity (Wildman–Crippen MR) is 139 cm³/mol. The topological polar surface area (TPSA) is 37.4 Å². The molecule has 0 N–H and O–H groups in total. The van der Waals surface area contributed by atoms with Crippen molar-refractivity contribution < 1.29 is 22.8 Å². The van der Waals surface area contributed by atoms with E-state index < -0.39 is 24.2 Å². The largest absolute Gasteiger partial charge is 0.450 e. The van der Waals surface area contributed by atoms with Gasteiger partial charge in [-0.25, -0.2) is 0 Å². The molecule has 0 unspecified atom stereocenters. The average Bonchev–Trinajstić information content (AvgIpc) is 2.78. The van der Waals surface area contributed by atoms with Crippen LogP contribution in [0.3, 0.4) is 0 Å². The van der Waals surface area contributed by atoms with Crippen LogP contribution in [0.4, 0.5) is 30.2 Å². The molecule has 0 fully saturated rings. The van der Waals surface area contributed by atoms with Gasteiger partial charge in [0.2, 0.25) is 5.78 Å². The predicted octanol–water partition coefficient (Wildman–Crippen LogP) is 8.46. The van der Waals surface area contributed by atoms with Gasteiger partial charge in [0.25, 0.3) is 0 Å². The molecule has 0 heterocycles. The summed E-state index contributed by atoms with van der Waals surface area (Å²) in [5, 5.41) is 0. The third kappa shape index (κ3) is 6.42. The van der Waals surface area contributed by atoms with E-state index in [0.29, 0.717) is 0 Å². The van der Waals surface area contributed by atoms with Crippen molar-refractivity contribution >= 4 is 28.6 Å². The van der Waals surface area contributed by atoms with Gasteiger partial charge in [0.05, 0.1) is 6.42 Å². The zero-order valence-electron chi connectivity index (χ0n) is 21.5. The van der Waals surface area contributed by atoms with Gasteiger partial charge in [-0.15, -0.1) is 0 Å². The van der Waals surface area contributed by atoms with Crippen molar-refractivity contribution in [2.24, 2.45) is 0 Å². The Hall–Kier alpha value is -3.41. The number of carbonyl (C=O) groups excluding carboxylic acids is 2. The number of hydrogen-bond acceptors (Lipinski definition) is 3. The fourth-order valence-electron chi connectivity index (χ4n) is 3.81. The fraction of sp³-hybridized carbons (Fsp3) is 0.333. The fourth-order valence-corrected chi connectivity index (χ4v) is 3.81. The number of rotatable bonds is 6. The number of ketones is 2. The molecule has 3 nitrogen and oxygen atoms in total. The average molecular weight is 496 g/mol. The standard InChI is InChI=1S/C30H32F3NO2/c1-28(2,3)21-9-15-24(16-10-21)34(25-17-11-22(12-18-25)29(4,5)6)23-13-7-20(8-14-23)26(35)19-27(36)30(31,32)33/h7-18H,19H2,1-6H3. The number of Topliss-reactive ketones (excluding diaryl/α,β-unsaturated/α-hetero) is 2. The minimum absolute atomic E-state index is 0.00637. The molecule has 0 aromatic heterocycles. The minimum atomic E-state index is -5.02. The van der Waals surface area contributed by atoms with E-state index in [1.807, 2.05) is 29.2 Å². The highest BCUT2D eigenvalue weighted by molar-refractivity contribution is 6.09. The van der Waals surface area contributed by atoms with Gasteiger partial charge in [0, 0.05) is 22.6 Å². The van der Waals surface area contributed by atoms with Crippen molar-refractivity contribution in [1.82, 2.24) is 0 Å². The van der Waals surface area contributed by atoms with E-state index in [1.165, 1.54) is 23.3 Å². The molecule has 0 aliphatic rings. The quantitative estimate of drug-likeness (QED) is 0.254. The Morgan fingerprint density at radius 3 is 1.25 bits per heavy atom. The number of halogens is 3. The second-order valence-electron chi connectivity index (χ2n) is 11.0. The molecule has 3 aromatic rings. The summed E-state index contributed by atoms with van der Waals surface area (Å²) in [5.41, 5.74) is 4.95. The third-order valence-corrected chi connectivity index (χ3v) is 6.07. The van der Waals surface area contributed by atoms with E-state index in [1.54, 1.807) is 12.1 Å². The van der Waals surface area contributed by atoms with Crippen molar-refractivity contribution in [2.75, 3.05) is 4.90 Å². The van der Waals surface area contributed by atoms with Crippen LogP contribution < -0.4 is 4.90 Å². The van der Waals surface area contributed by atoms with Crippen LogP contribution in [0, 0.1) is 0 Å². The number of anilines is 3. The first-order chi connectivity index (χ1) is 16.6. The molecule has 0 bridgehead atoms. The first-order valence-electron chi connectivity index (χ1n) is 11.8. The highest BCUT2D eigenvalue weighted by atomic mass is 19.4. The zero-order valence-corrected chi connectivity index (χ0v) is 21.5. The van der Waals surface area contributed by atoms with Crippen molar-refractivity contribution in [2.45, 2.75) is 65.0 Å². The van der Waals surface area contributed by atoms with E-state index in [2.05, 4.69) is 65.8 Å². The maximum Gasteiger partial charge on any atom is 0.450 e. The second kappa shape index (κ2) is 9.92. The molecule has 0 spiro atoms. The molecule has 0 saturated heterocycles. The molecule has 0 amide bonds. The third-order valence-electron chi connectivity index (χ3n) is 6.07. The Labute approximate surface area is 211 Å².